The monoisotopic (exact) mass is 288 g/mol. The molecule has 0 N–H and O–H groups in total. The molecule has 3 nitrogen and oxygen atoms in total. The summed E-state index contributed by atoms with van der Waals surface area (Å²) in [6.07, 6.45) is 6.31. The molecule has 0 radical (unpaired) electrons. The summed E-state index contributed by atoms with van der Waals surface area (Å²) in [7, 11) is 0. The second kappa shape index (κ2) is 6.44. The summed E-state index contributed by atoms with van der Waals surface area (Å²) in [6.45, 7) is 2.17. The standard InChI is InChI=1S/C16H20N2OS/c1-12(13-8-4-2-5-9-13)20-16-18-17-15(19-16)14-10-6-3-7-11-14/h2,4-5,8-9,12,14H,3,6-7,10-11H2,1H3/t12-/m1/s1. The molecule has 1 aliphatic rings. The number of rotatable bonds is 4. The molecule has 2 aromatic rings. The zero-order valence-corrected chi connectivity index (χ0v) is 12.6. The Bertz CT molecular complexity index is 534. The first-order chi connectivity index (χ1) is 9.83. The molecule has 1 aromatic heterocycles. The van der Waals surface area contributed by atoms with E-state index < -0.39 is 0 Å². The minimum Gasteiger partial charge on any atom is -0.416 e. The molecule has 0 unspecified atom stereocenters. The molecule has 0 aliphatic heterocycles. The molecule has 4 heteroatoms. The Labute approximate surface area is 124 Å². The van der Waals surface area contributed by atoms with Crippen LogP contribution >= 0.6 is 11.8 Å². The summed E-state index contributed by atoms with van der Waals surface area (Å²) < 4.78 is 5.86. The van der Waals surface area contributed by atoms with Gasteiger partial charge in [0, 0.05) is 11.2 Å². The summed E-state index contributed by atoms with van der Waals surface area (Å²) in [5.74, 6) is 1.32. The van der Waals surface area contributed by atoms with E-state index in [0.29, 0.717) is 16.4 Å². The molecular formula is C16H20N2OS. The van der Waals surface area contributed by atoms with Crippen LogP contribution in [0, 0.1) is 0 Å². The zero-order chi connectivity index (χ0) is 13.8. The van der Waals surface area contributed by atoms with E-state index in [1.54, 1.807) is 11.8 Å². The van der Waals surface area contributed by atoms with Crippen molar-refractivity contribution in [2.45, 2.75) is 55.4 Å². The minimum absolute atomic E-state index is 0.329. The Hall–Kier alpha value is -1.29. The third kappa shape index (κ3) is 3.23. The Balaban J connectivity index is 1.65. The molecule has 0 amide bonds. The van der Waals surface area contributed by atoms with Gasteiger partial charge in [-0.1, -0.05) is 61.4 Å². The molecule has 0 spiro atoms. The molecule has 0 saturated heterocycles. The van der Waals surface area contributed by atoms with Crippen LogP contribution in [-0.4, -0.2) is 10.2 Å². The number of benzene rings is 1. The summed E-state index contributed by atoms with van der Waals surface area (Å²) in [5.41, 5.74) is 1.29. The lowest BCUT2D eigenvalue weighted by Crippen LogP contribution is -2.04. The molecule has 3 rings (SSSR count). The fourth-order valence-electron chi connectivity index (χ4n) is 2.73. The normalized spacial score (nSPS) is 18.1. The van der Waals surface area contributed by atoms with E-state index in [4.69, 9.17) is 4.42 Å². The maximum atomic E-state index is 5.86. The van der Waals surface area contributed by atoms with Crippen LogP contribution in [-0.2, 0) is 0 Å². The van der Waals surface area contributed by atoms with Gasteiger partial charge in [0.1, 0.15) is 0 Å². The summed E-state index contributed by atoms with van der Waals surface area (Å²) in [6, 6.07) is 10.4. The van der Waals surface area contributed by atoms with Crippen LogP contribution in [0.3, 0.4) is 0 Å². The fraction of sp³-hybridized carbons (Fsp3) is 0.500. The molecule has 1 saturated carbocycles. The summed E-state index contributed by atoms with van der Waals surface area (Å²) in [5, 5.41) is 9.48. The van der Waals surface area contributed by atoms with Crippen molar-refractivity contribution in [3.8, 4) is 0 Å². The largest absolute Gasteiger partial charge is 0.416 e. The zero-order valence-electron chi connectivity index (χ0n) is 11.8. The van der Waals surface area contributed by atoms with E-state index >= 15 is 0 Å². The Kier molecular flexibility index (Phi) is 4.41. The van der Waals surface area contributed by atoms with Gasteiger partial charge in [-0.25, -0.2) is 0 Å². The van der Waals surface area contributed by atoms with Gasteiger partial charge in [0.15, 0.2) is 0 Å². The van der Waals surface area contributed by atoms with E-state index in [2.05, 4.69) is 41.4 Å². The molecule has 20 heavy (non-hydrogen) atoms. The quantitative estimate of drug-likeness (QED) is 0.744. The Morgan fingerprint density at radius 1 is 1.10 bits per heavy atom. The van der Waals surface area contributed by atoms with Gasteiger partial charge in [-0.3, -0.25) is 0 Å². The van der Waals surface area contributed by atoms with Crippen LogP contribution in [0.1, 0.15) is 61.6 Å². The number of hydrogen-bond acceptors (Lipinski definition) is 4. The lowest BCUT2D eigenvalue weighted by Gasteiger charge is -2.17. The number of thioether (sulfide) groups is 1. The predicted molar refractivity (Wildman–Crippen MR) is 80.8 cm³/mol. The third-order valence-electron chi connectivity index (χ3n) is 3.92. The third-order valence-corrected chi connectivity index (χ3v) is 4.92. The van der Waals surface area contributed by atoms with E-state index in [-0.39, 0.29) is 0 Å². The first-order valence-corrected chi connectivity index (χ1v) is 8.26. The predicted octanol–water partition coefficient (Wildman–Crippen LogP) is 4.97. The molecule has 0 bridgehead atoms. The highest BCUT2D eigenvalue weighted by Crippen LogP contribution is 2.37. The van der Waals surface area contributed by atoms with Gasteiger partial charge in [0.2, 0.25) is 5.89 Å². The topological polar surface area (TPSA) is 38.9 Å². The second-order valence-corrected chi connectivity index (χ2v) is 6.70. The minimum atomic E-state index is 0.329. The Morgan fingerprint density at radius 2 is 1.85 bits per heavy atom. The molecule has 1 aliphatic carbocycles. The van der Waals surface area contributed by atoms with Crippen molar-refractivity contribution in [3.63, 3.8) is 0 Å². The number of hydrogen-bond donors (Lipinski definition) is 0. The Morgan fingerprint density at radius 3 is 2.60 bits per heavy atom. The van der Waals surface area contributed by atoms with Crippen LogP contribution < -0.4 is 0 Å². The average molecular weight is 288 g/mol. The van der Waals surface area contributed by atoms with Crippen molar-refractivity contribution in [2.24, 2.45) is 0 Å². The van der Waals surface area contributed by atoms with Gasteiger partial charge < -0.3 is 4.42 Å². The summed E-state index contributed by atoms with van der Waals surface area (Å²) in [4.78, 5) is 0. The highest BCUT2D eigenvalue weighted by Gasteiger charge is 2.22. The molecule has 1 aromatic carbocycles. The summed E-state index contributed by atoms with van der Waals surface area (Å²) >= 11 is 1.64. The van der Waals surface area contributed by atoms with Crippen molar-refractivity contribution in [1.82, 2.24) is 10.2 Å². The first-order valence-electron chi connectivity index (χ1n) is 7.38. The molecular weight excluding hydrogens is 268 g/mol. The molecule has 1 fully saturated rings. The fourth-order valence-corrected chi connectivity index (χ4v) is 3.54. The number of nitrogens with zero attached hydrogens (tertiary/aromatic N) is 2. The van der Waals surface area contributed by atoms with Crippen molar-refractivity contribution < 1.29 is 4.42 Å². The maximum absolute atomic E-state index is 5.86. The number of aromatic nitrogens is 2. The van der Waals surface area contributed by atoms with Crippen LogP contribution in [0.5, 0.6) is 0 Å². The highest BCUT2D eigenvalue weighted by molar-refractivity contribution is 7.99. The van der Waals surface area contributed by atoms with Crippen LogP contribution in [0.25, 0.3) is 0 Å². The first kappa shape index (κ1) is 13.7. The van der Waals surface area contributed by atoms with E-state index in [0.717, 1.165) is 5.89 Å². The van der Waals surface area contributed by atoms with Crippen molar-refractivity contribution in [2.75, 3.05) is 0 Å². The van der Waals surface area contributed by atoms with Gasteiger partial charge in [-0.15, -0.1) is 10.2 Å². The van der Waals surface area contributed by atoms with Gasteiger partial charge in [0.25, 0.3) is 5.22 Å². The van der Waals surface area contributed by atoms with Crippen molar-refractivity contribution >= 4 is 11.8 Å². The molecule has 1 atom stereocenters. The van der Waals surface area contributed by atoms with Crippen LogP contribution in [0.4, 0.5) is 0 Å². The highest BCUT2D eigenvalue weighted by atomic mass is 32.2. The van der Waals surface area contributed by atoms with E-state index in [1.807, 2.05) is 6.07 Å². The van der Waals surface area contributed by atoms with E-state index in [1.165, 1.54) is 37.7 Å². The lowest BCUT2D eigenvalue weighted by atomic mass is 9.89. The van der Waals surface area contributed by atoms with Crippen LogP contribution in [0.2, 0.25) is 0 Å². The smallest absolute Gasteiger partial charge is 0.277 e. The van der Waals surface area contributed by atoms with Gasteiger partial charge >= 0.3 is 0 Å². The average Bonchev–Trinajstić information content (AvgIpc) is 2.97. The van der Waals surface area contributed by atoms with Crippen LogP contribution in [0.15, 0.2) is 40.0 Å². The molecule has 106 valence electrons. The second-order valence-electron chi connectivity index (χ2n) is 5.41. The van der Waals surface area contributed by atoms with Crippen molar-refractivity contribution in [3.05, 3.63) is 41.8 Å². The van der Waals surface area contributed by atoms with Gasteiger partial charge in [-0.2, -0.15) is 0 Å². The molecule has 1 heterocycles. The lowest BCUT2D eigenvalue weighted by molar-refractivity contribution is 0.334. The SMILES string of the molecule is C[C@@H](Sc1nnc(C2CCCCC2)o1)c1ccccc1. The van der Waals surface area contributed by atoms with E-state index in [9.17, 15) is 0 Å². The van der Waals surface area contributed by atoms with Crippen molar-refractivity contribution in [1.29, 1.82) is 0 Å². The van der Waals surface area contributed by atoms with Gasteiger partial charge in [-0.05, 0) is 25.3 Å². The maximum Gasteiger partial charge on any atom is 0.277 e. The van der Waals surface area contributed by atoms with Gasteiger partial charge in [0.05, 0.1) is 0 Å².